The molecule has 0 aliphatic carbocycles. The first-order valence-electron chi connectivity index (χ1n) is 6.29. The van der Waals surface area contributed by atoms with Crippen molar-refractivity contribution in [3.63, 3.8) is 0 Å². The van der Waals surface area contributed by atoms with Crippen molar-refractivity contribution in [2.24, 2.45) is 0 Å². The minimum Gasteiger partial charge on any atom is -0.382 e. The van der Waals surface area contributed by atoms with Crippen molar-refractivity contribution >= 4 is 27.5 Å². The topological polar surface area (TPSA) is 76.0 Å². The van der Waals surface area contributed by atoms with Crippen LogP contribution in [0, 0.1) is 12.3 Å². The SMILES string of the molecule is C#CCn1ncc(NCCC(=O)NCCC)c(Br)c1=O. The van der Waals surface area contributed by atoms with Crippen molar-refractivity contribution in [2.75, 3.05) is 18.4 Å². The number of halogens is 1. The Morgan fingerprint density at radius 1 is 1.55 bits per heavy atom. The Labute approximate surface area is 126 Å². The van der Waals surface area contributed by atoms with Crippen LogP contribution in [0.3, 0.4) is 0 Å². The molecule has 0 bridgehead atoms. The van der Waals surface area contributed by atoms with Gasteiger partial charge in [0.15, 0.2) is 0 Å². The van der Waals surface area contributed by atoms with E-state index in [9.17, 15) is 9.59 Å². The molecule has 0 aliphatic rings. The van der Waals surface area contributed by atoms with E-state index >= 15 is 0 Å². The third-order valence-electron chi connectivity index (χ3n) is 2.47. The molecular weight excluding hydrogens is 324 g/mol. The number of amides is 1. The van der Waals surface area contributed by atoms with Crippen LogP contribution in [-0.4, -0.2) is 28.8 Å². The maximum atomic E-state index is 11.9. The second kappa shape index (κ2) is 8.38. The molecule has 1 rings (SSSR count). The summed E-state index contributed by atoms with van der Waals surface area (Å²) in [5.41, 5.74) is 0.245. The van der Waals surface area contributed by atoms with Crippen molar-refractivity contribution < 1.29 is 4.79 Å². The summed E-state index contributed by atoms with van der Waals surface area (Å²) in [6.45, 7) is 3.21. The van der Waals surface area contributed by atoms with Crippen LogP contribution in [0.15, 0.2) is 15.5 Å². The van der Waals surface area contributed by atoms with Crippen LogP contribution < -0.4 is 16.2 Å². The van der Waals surface area contributed by atoms with E-state index in [1.54, 1.807) is 0 Å². The molecule has 6 nitrogen and oxygen atoms in total. The molecule has 0 fully saturated rings. The minimum atomic E-state index is -0.302. The molecule has 2 N–H and O–H groups in total. The Kier molecular flexibility index (Phi) is 6.81. The third kappa shape index (κ3) is 4.70. The van der Waals surface area contributed by atoms with Gasteiger partial charge in [-0.15, -0.1) is 6.42 Å². The number of carbonyl (C=O) groups is 1. The lowest BCUT2D eigenvalue weighted by atomic mass is 10.3. The van der Waals surface area contributed by atoms with Crippen LogP contribution in [0.5, 0.6) is 0 Å². The van der Waals surface area contributed by atoms with Gasteiger partial charge in [0, 0.05) is 19.5 Å². The zero-order chi connectivity index (χ0) is 15.0. The lowest BCUT2D eigenvalue weighted by Gasteiger charge is -2.09. The number of nitrogens with zero attached hydrogens (tertiary/aromatic N) is 2. The standard InChI is InChI=1S/C13H17BrN4O2/c1-3-6-16-11(19)5-7-15-10-9-17-18(8-4-2)13(20)12(10)14/h2,9,15H,3,5-8H2,1H3,(H,16,19). The fourth-order valence-corrected chi connectivity index (χ4v) is 1.90. The summed E-state index contributed by atoms with van der Waals surface area (Å²) in [6, 6.07) is 0. The molecule has 0 aliphatic heterocycles. The van der Waals surface area contributed by atoms with E-state index in [1.807, 2.05) is 6.92 Å². The van der Waals surface area contributed by atoms with E-state index in [0.29, 0.717) is 29.7 Å². The van der Waals surface area contributed by atoms with Gasteiger partial charge in [-0.2, -0.15) is 5.10 Å². The van der Waals surface area contributed by atoms with Crippen LogP contribution in [0.25, 0.3) is 0 Å². The molecule has 1 aromatic rings. The Balaban J connectivity index is 2.57. The number of anilines is 1. The first-order valence-corrected chi connectivity index (χ1v) is 7.09. The second-order valence-electron chi connectivity index (χ2n) is 4.07. The number of carbonyl (C=O) groups excluding carboxylic acids is 1. The number of rotatable bonds is 7. The molecule has 0 radical (unpaired) electrons. The number of hydrogen-bond acceptors (Lipinski definition) is 4. The predicted octanol–water partition coefficient (Wildman–Crippen LogP) is 0.967. The Hall–Kier alpha value is -1.81. The third-order valence-corrected chi connectivity index (χ3v) is 3.23. The van der Waals surface area contributed by atoms with Gasteiger partial charge in [-0.25, -0.2) is 4.68 Å². The minimum absolute atomic E-state index is 0.0240. The average molecular weight is 341 g/mol. The summed E-state index contributed by atoms with van der Waals surface area (Å²) in [4.78, 5) is 23.3. The zero-order valence-corrected chi connectivity index (χ0v) is 12.9. The number of terminal acetylenes is 1. The van der Waals surface area contributed by atoms with Crippen LogP contribution in [0.2, 0.25) is 0 Å². The summed E-state index contributed by atoms with van der Waals surface area (Å²) >= 11 is 3.21. The molecule has 0 saturated heterocycles. The van der Waals surface area contributed by atoms with Crippen molar-refractivity contribution in [2.45, 2.75) is 26.3 Å². The fourth-order valence-electron chi connectivity index (χ4n) is 1.45. The van der Waals surface area contributed by atoms with Gasteiger partial charge in [0.25, 0.3) is 5.56 Å². The largest absolute Gasteiger partial charge is 0.382 e. The highest BCUT2D eigenvalue weighted by molar-refractivity contribution is 9.10. The highest BCUT2D eigenvalue weighted by Crippen LogP contribution is 2.15. The van der Waals surface area contributed by atoms with Crippen LogP contribution in [0.4, 0.5) is 5.69 Å². The van der Waals surface area contributed by atoms with Crippen LogP contribution >= 0.6 is 15.9 Å². The maximum Gasteiger partial charge on any atom is 0.284 e. The molecule has 0 saturated carbocycles. The quantitative estimate of drug-likeness (QED) is 0.725. The molecule has 7 heteroatoms. The zero-order valence-electron chi connectivity index (χ0n) is 11.3. The molecular formula is C13H17BrN4O2. The number of nitrogens with one attached hydrogen (secondary N) is 2. The molecule has 0 aromatic carbocycles. The maximum absolute atomic E-state index is 11.9. The van der Waals surface area contributed by atoms with Gasteiger partial charge >= 0.3 is 0 Å². The van der Waals surface area contributed by atoms with Gasteiger partial charge in [0.2, 0.25) is 5.91 Å². The van der Waals surface area contributed by atoms with E-state index in [1.165, 1.54) is 10.9 Å². The molecule has 0 atom stereocenters. The van der Waals surface area contributed by atoms with Gasteiger partial charge < -0.3 is 10.6 Å². The van der Waals surface area contributed by atoms with Gasteiger partial charge in [-0.05, 0) is 22.4 Å². The highest BCUT2D eigenvalue weighted by atomic mass is 79.9. The first kappa shape index (κ1) is 16.2. The fraction of sp³-hybridized carbons (Fsp3) is 0.462. The van der Waals surface area contributed by atoms with Gasteiger partial charge in [-0.3, -0.25) is 9.59 Å². The van der Waals surface area contributed by atoms with E-state index in [2.05, 4.69) is 37.6 Å². The van der Waals surface area contributed by atoms with E-state index in [0.717, 1.165) is 6.42 Å². The van der Waals surface area contributed by atoms with E-state index in [4.69, 9.17) is 6.42 Å². The van der Waals surface area contributed by atoms with Gasteiger partial charge in [0.05, 0.1) is 11.9 Å². The average Bonchev–Trinajstić information content (AvgIpc) is 2.44. The predicted molar refractivity (Wildman–Crippen MR) is 81.4 cm³/mol. The summed E-state index contributed by atoms with van der Waals surface area (Å²) < 4.78 is 1.54. The van der Waals surface area contributed by atoms with Crippen molar-refractivity contribution in [1.82, 2.24) is 15.1 Å². The smallest absolute Gasteiger partial charge is 0.284 e. The molecule has 1 heterocycles. The number of hydrogen-bond donors (Lipinski definition) is 2. The van der Waals surface area contributed by atoms with Gasteiger partial charge in [0.1, 0.15) is 11.0 Å². The summed E-state index contributed by atoms with van der Waals surface area (Å²) in [5, 5.41) is 9.72. The molecule has 1 amide bonds. The van der Waals surface area contributed by atoms with Crippen LogP contribution in [-0.2, 0) is 11.3 Å². The van der Waals surface area contributed by atoms with E-state index < -0.39 is 0 Å². The first-order chi connectivity index (χ1) is 9.60. The summed E-state index contributed by atoms with van der Waals surface area (Å²) in [5.74, 6) is 2.33. The van der Waals surface area contributed by atoms with Crippen molar-refractivity contribution in [3.05, 3.63) is 21.0 Å². The highest BCUT2D eigenvalue weighted by Gasteiger charge is 2.08. The number of aromatic nitrogens is 2. The van der Waals surface area contributed by atoms with Crippen LogP contribution in [0.1, 0.15) is 19.8 Å². The molecule has 0 spiro atoms. The van der Waals surface area contributed by atoms with E-state index in [-0.39, 0.29) is 18.0 Å². The second-order valence-corrected chi connectivity index (χ2v) is 4.86. The normalized spacial score (nSPS) is 9.85. The molecule has 1 aromatic heterocycles. The lowest BCUT2D eigenvalue weighted by molar-refractivity contribution is -0.120. The summed E-state index contributed by atoms with van der Waals surface area (Å²) in [6.07, 6.45) is 7.89. The van der Waals surface area contributed by atoms with Crippen molar-refractivity contribution in [1.29, 1.82) is 0 Å². The molecule has 108 valence electrons. The Morgan fingerprint density at radius 3 is 2.95 bits per heavy atom. The Bertz CT molecular complexity index is 562. The molecule has 20 heavy (non-hydrogen) atoms. The molecule has 0 unspecified atom stereocenters. The monoisotopic (exact) mass is 340 g/mol. The Morgan fingerprint density at radius 2 is 2.30 bits per heavy atom. The van der Waals surface area contributed by atoms with Gasteiger partial charge in [-0.1, -0.05) is 12.8 Å². The van der Waals surface area contributed by atoms with Crippen molar-refractivity contribution in [3.8, 4) is 12.3 Å². The summed E-state index contributed by atoms with van der Waals surface area (Å²) in [7, 11) is 0. The lowest BCUT2D eigenvalue weighted by Crippen LogP contribution is -2.27.